The third-order valence-corrected chi connectivity index (χ3v) is 4.68. The van der Waals surface area contributed by atoms with Crippen LogP contribution >= 0.6 is 0 Å². The second kappa shape index (κ2) is 8.27. The molecule has 0 bridgehead atoms. The van der Waals surface area contributed by atoms with E-state index in [1.807, 2.05) is 13.0 Å². The number of likely N-dealkylation sites (tertiary alicyclic amines) is 1. The highest BCUT2D eigenvalue weighted by Crippen LogP contribution is 2.16. The summed E-state index contributed by atoms with van der Waals surface area (Å²) in [6, 6.07) is 10.4. The van der Waals surface area contributed by atoms with Crippen LogP contribution in [-0.2, 0) is 6.54 Å². The van der Waals surface area contributed by atoms with Gasteiger partial charge in [0.1, 0.15) is 6.26 Å². The third-order valence-electron chi connectivity index (χ3n) is 4.68. The Balaban J connectivity index is 1.47. The Morgan fingerprint density at radius 3 is 2.76 bits per heavy atom. The zero-order valence-corrected chi connectivity index (χ0v) is 14.6. The number of nitrogens with one attached hydrogen (secondary N) is 1. The second-order valence-electron chi connectivity index (χ2n) is 6.60. The topological polar surface area (TPSA) is 84.4 Å². The summed E-state index contributed by atoms with van der Waals surface area (Å²) in [6.07, 6.45) is 4.00. The number of hydrogen-bond donors (Lipinski definition) is 2. The average molecular weight is 342 g/mol. The number of benzene rings is 1. The molecule has 1 aromatic carbocycles. The van der Waals surface area contributed by atoms with Gasteiger partial charge in [-0.1, -0.05) is 37.3 Å². The van der Waals surface area contributed by atoms with Crippen molar-refractivity contribution in [1.29, 1.82) is 0 Å². The first-order chi connectivity index (χ1) is 12.2. The molecule has 3 N–H and O–H groups in total. The van der Waals surface area contributed by atoms with Gasteiger partial charge in [0.15, 0.2) is 5.69 Å². The van der Waals surface area contributed by atoms with Gasteiger partial charge in [0.2, 0.25) is 5.89 Å². The maximum absolute atomic E-state index is 12.3. The fourth-order valence-electron chi connectivity index (χ4n) is 3.07. The normalized spacial score (nSPS) is 17.4. The monoisotopic (exact) mass is 342 g/mol. The van der Waals surface area contributed by atoms with E-state index in [4.69, 9.17) is 10.2 Å². The number of carbonyl (C=O) groups excluding carboxylic acids is 1. The maximum atomic E-state index is 12.3. The first kappa shape index (κ1) is 17.6. The number of amides is 1. The molecule has 25 heavy (non-hydrogen) atoms. The Morgan fingerprint density at radius 2 is 2.08 bits per heavy atom. The van der Waals surface area contributed by atoms with E-state index in [0.717, 1.165) is 38.9 Å². The minimum atomic E-state index is -0.261. The third kappa shape index (κ3) is 4.67. The van der Waals surface area contributed by atoms with Crippen molar-refractivity contribution in [3.63, 3.8) is 0 Å². The predicted octanol–water partition coefficient (Wildman–Crippen LogP) is 2.48. The molecule has 1 aliphatic rings. The van der Waals surface area contributed by atoms with Crippen molar-refractivity contribution in [3.8, 4) is 0 Å². The first-order valence-electron chi connectivity index (χ1n) is 8.94. The molecule has 1 aliphatic heterocycles. The summed E-state index contributed by atoms with van der Waals surface area (Å²) in [4.78, 5) is 18.9. The Labute approximate surface area is 148 Å². The number of carbonyl (C=O) groups is 1. The summed E-state index contributed by atoms with van der Waals surface area (Å²) >= 11 is 0. The molecule has 1 amide bonds. The van der Waals surface area contributed by atoms with Gasteiger partial charge in [0.05, 0.1) is 6.04 Å². The van der Waals surface area contributed by atoms with Crippen LogP contribution in [0.4, 0.5) is 0 Å². The Kier molecular flexibility index (Phi) is 5.83. The summed E-state index contributed by atoms with van der Waals surface area (Å²) in [6.45, 7) is 4.87. The molecule has 6 nitrogen and oxygen atoms in total. The van der Waals surface area contributed by atoms with E-state index in [1.165, 1.54) is 11.8 Å². The number of hydrogen-bond acceptors (Lipinski definition) is 5. The molecule has 0 saturated carbocycles. The highest BCUT2D eigenvalue weighted by atomic mass is 16.3. The summed E-state index contributed by atoms with van der Waals surface area (Å²) in [5.41, 5.74) is 7.51. The van der Waals surface area contributed by atoms with Crippen LogP contribution in [-0.4, -0.2) is 34.9 Å². The van der Waals surface area contributed by atoms with Crippen LogP contribution in [0.15, 0.2) is 41.0 Å². The molecule has 6 heteroatoms. The number of nitrogens with two attached hydrogens (primary N) is 1. The van der Waals surface area contributed by atoms with Crippen LogP contribution in [0, 0.1) is 0 Å². The van der Waals surface area contributed by atoms with Crippen molar-refractivity contribution in [3.05, 3.63) is 53.7 Å². The van der Waals surface area contributed by atoms with Gasteiger partial charge >= 0.3 is 0 Å². The van der Waals surface area contributed by atoms with Gasteiger partial charge in [0, 0.05) is 25.7 Å². The minimum Gasteiger partial charge on any atom is -0.446 e. The van der Waals surface area contributed by atoms with Gasteiger partial charge in [-0.25, -0.2) is 4.98 Å². The van der Waals surface area contributed by atoms with Crippen molar-refractivity contribution < 1.29 is 9.21 Å². The van der Waals surface area contributed by atoms with E-state index in [1.54, 1.807) is 0 Å². The summed E-state index contributed by atoms with van der Waals surface area (Å²) < 4.78 is 5.31. The lowest BCUT2D eigenvalue weighted by molar-refractivity contribution is 0.0904. The zero-order chi connectivity index (χ0) is 17.6. The molecule has 0 radical (unpaired) electrons. The zero-order valence-electron chi connectivity index (χ0n) is 14.6. The smallest absolute Gasteiger partial charge is 0.273 e. The number of aromatic nitrogens is 1. The predicted molar refractivity (Wildman–Crippen MR) is 95.9 cm³/mol. The largest absolute Gasteiger partial charge is 0.446 e. The second-order valence-corrected chi connectivity index (χ2v) is 6.60. The summed E-state index contributed by atoms with van der Waals surface area (Å²) in [5.74, 6) is 0.241. The van der Waals surface area contributed by atoms with Crippen molar-refractivity contribution in [2.24, 2.45) is 5.73 Å². The van der Waals surface area contributed by atoms with Crippen LogP contribution in [0.5, 0.6) is 0 Å². The summed E-state index contributed by atoms with van der Waals surface area (Å²) in [7, 11) is 0. The van der Waals surface area contributed by atoms with E-state index in [2.05, 4.69) is 39.5 Å². The van der Waals surface area contributed by atoms with E-state index in [-0.39, 0.29) is 18.0 Å². The van der Waals surface area contributed by atoms with E-state index >= 15 is 0 Å². The van der Waals surface area contributed by atoms with Gasteiger partial charge in [-0.3, -0.25) is 9.69 Å². The fourth-order valence-corrected chi connectivity index (χ4v) is 3.07. The van der Waals surface area contributed by atoms with Crippen LogP contribution in [0.1, 0.15) is 54.2 Å². The molecule has 1 aromatic heterocycles. The van der Waals surface area contributed by atoms with Crippen LogP contribution in [0.2, 0.25) is 0 Å². The van der Waals surface area contributed by atoms with Gasteiger partial charge in [-0.15, -0.1) is 0 Å². The van der Waals surface area contributed by atoms with Gasteiger partial charge in [-0.2, -0.15) is 0 Å². The minimum absolute atomic E-state index is 0.180. The Bertz CT molecular complexity index is 678. The number of nitrogens with zero attached hydrogens (tertiary/aromatic N) is 2. The highest BCUT2D eigenvalue weighted by Gasteiger charge is 2.23. The molecule has 0 aliphatic carbocycles. The lowest BCUT2D eigenvalue weighted by Crippen LogP contribution is -2.44. The molecule has 1 saturated heterocycles. The molecule has 2 heterocycles. The van der Waals surface area contributed by atoms with E-state index in [0.29, 0.717) is 11.6 Å². The van der Waals surface area contributed by atoms with Gasteiger partial charge < -0.3 is 15.5 Å². The number of rotatable bonds is 6. The molecule has 1 atom stereocenters. The molecule has 3 rings (SSSR count). The number of oxazole rings is 1. The molecule has 0 spiro atoms. The fraction of sp³-hybridized carbons (Fsp3) is 0.474. The van der Waals surface area contributed by atoms with E-state index < -0.39 is 0 Å². The van der Waals surface area contributed by atoms with Crippen molar-refractivity contribution >= 4 is 5.91 Å². The molecule has 134 valence electrons. The average Bonchev–Trinajstić information content (AvgIpc) is 3.14. The van der Waals surface area contributed by atoms with Gasteiger partial charge in [-0.05, 0) is 24.8 Å². The van der Waals surface area contributed by atoms with Crippen molar-refractivity contribution in [2.75, 3.05) is 13.1 Å². The maximum Gasteiger partial charge on any atom is 0.273 e. The molecule has 1 unspecified atom stereocenters. The van der Waals surface area contributed by atoms with Crippen molar-refractivity contribution in [1.82, 2.24) is 15.2 Å². The van der Waals surface area contributed by atoms with Crippen LogP contribution in [0.25, 0.3) is 0 Å². The lowest BCUT2D eigenvalue weighted by atomic mass is 10.0. The Hall–Kier alpha value is -2.18. The Morgan fingerprint density at radius 1 is 1.36 bits per heavy atom. The quantitative estimate of drug-likeness (QED) is 0.842. The van der Waals surface area contributed by atoms with Crippen molar-refractivity contribution in [2.45, 2.75) is 44.8 Å². The highest BCUT2D eigenvalue weighted by molar-refractivity contribution is 5.92. The molecule has 2 aromatic rings. The van der Waals surface area contributed by atoms with E-state index in [9.17, 15) is 4.79 Å². The lowest BCUT2D eigenvalue weighted by Gasteiger charge is -2.32. The molecular weight excluding hydrogens is 316 g/mol. The number of piperidine rings is 1. The van der Waals surface area contributed by atoms with Crippen LogP contribution in [0.3, 0.4) is 0 Å². The SMILES string of the molecule is CCC(N)c1nc(C(=O)NC2CCN(Cc3ccccc3)CC2)co1. The molecule has 1 fully saturated rings. The van der Waals surface area contributed by atoms with Crippen LogP contribution < -0.4 is 11.1 Å². The standard InChI is InChI=1S/C19H26N4O2/c1-2-16(20)19-22-17(13-25-19)18(24)21-15-8-10-23(11-9-15)12-14-6-4-3-5-7-14/h3-7,13,15-16H,2,8-12,20H2,1H3,(H,21,24). The first-order valence-corrected chi connectivity index (χ1v) is 8.94. The molecular formula is C19H26N4O2. The van der Waals surface area contributed by atoms with Gasteiger partial charge in [0.25, 0.3) is 5.91 Å². The summed E-state index contributed by atoms with van der Waals surface area (Å²) in [5, 5.41) is 3.06.